The van der Waals surface area contributed by atoms with Crippen LogP contribution in [0.3, 0.4) is 0 Å². The summed E-state index contributed by atoms with van der Waals surface area (Å²) in [6.07, 6.45) is 1.83. The van der Waals surface area contributed by atoms with E-state index in [1.165, 1.54) is 17.5 Å². The average Bonchev–Trinajstić information content (AvgIpc) is 2.23. The van der Waals surface area contributed by atoms with Gasteiger partial charge in [-0.15, -0.1) is 0 Å². The van der Waals surface area contributed by atoms with Crippen molar-refractivity contribution in [1.82, 2.24) is 4.90 Å². The molecule has 0 heterocycles. The third kappa shape index (κ3) is 2.19. The zero-order valence-electron chi connectivity index (χ0n) is 9.11. The molecule has 1 aliphatic carbocycles. The minimum atomic E-state index is 0.630. The highest BCUT2D eigenvalue weighted by Gasteiger charge is 2.25. The third-order valence-electron chi connectivity index (χ3n) is 3.10. The van der Waals surface area contributed by atoms with Gasteiger partial charge < -0.3 is 4.90 Å². The van der Waals surface area contributed by atoms with E-state index in [1.807, 2.05) is 0 Å². The van der Waals surface area contributed by atoms with Crippen LogP contribution in [-0.4, -0.2) is 25.0 Å². The summed E-state index contributed by atoms with van der Waals surface area (Å²) in [7, 11) is 2.10. The van der Waals surface area contributed by atoms with Crippen molar-refractivity contribution in [3.05, 3.63) is 35.4 Å². The lowest BCUT2D eigenvalue weighted by atomic mass is 9.77. The van der Waals surface area contributed by atoms with Gasteiger partial charge in [0.25, 0.3) is 0 Å². The minimum absolute atomic E-state index is 0.630. The quantitative estimate of drug-likeness (QED) is 0.744. The van der Waals surface area contributed by atoms with Crippen molar-refractivity contribution in [2.24, 2.45) is 0 Å². The van der Waals surface area contributed by atoms with Crippen molar-refractivity contribution < 1.29 is 0 Å². The molecule has 1 aromatic carbocycles. The third-order valence-corrected chi connectivity index (χ3v) is 3.10. The van der Waals surface area contributed by atoms with Gasteiger partial charge >= 0.3 is 0 Å². The first-order valence-corrected chi connectivity index (χ1v) is 5.44. The first kappa shape index (κ1) is 10.2. The van der Waals surface area contributed by atoms with Gasteiger partial charge in [-0.3, -0.25) is 0 Å². The van der Waals surface area contributed by atoms with Crippen molar-refractivity contribution >= 4 is 0 Å². The fraction of sp³-hybridized carbons (Fsp3) is 0.462. The highest BCUT2D eigenvalue weighted by atomic mass is 15.1. The minimum Gasteiger partial charge on any atom is -0.305 e. The van der Waals surface area contributed by atoms with Gasteiger partial charge in [0.05, 0.1) is 6.07 Å². The molecule has 0 spiro atoms. The number of likely N-dealkylation sites (N-methyl/N-ethyl adjacent to an activating group) is 1. The number of hydrogen-bond donors (Lipinski definition) is 0. The number of fused-ring (bicyclic) bond motifs is 1. The molecule has 0 radical (unpaired) electrons. The zero-order chi connectivity index (χ0) is 10.7. The standard InChI is InChI=1S/C13H16N2/c1-15(8-4-7-14)10-12-9-11-5-2-3-6-13(11)12/h2-3,5-6,12H,4,8-10H2,1H3. The molecule has 1 atom stereocenters. The maximum atomic E-state index is 8.50. The molecule has 2 rings (SSSR count). The molecule has 1 aromatic rings. The zero-order valence-corrected chi connectivity index (χ0v) is 9.11. The molecule has 0 amide bonds. The molecule has 78 valence electrons. The molecule has 0 bridgehead atoms. The molecule has 0 saturated carbocycles. The van der Waals surface area contributed by atoms with E-state index in [0.717, 1.165) is 13.1 Å². The second-order valence-corrected chi connectivity index (χ2v) is 4.27. The van der Waals surface area contributed by atoms with Crippen molar-refractivity contribution in [3.8, 4) is 6.07 Å². The largest absolute Gasteiger partial charge is 0.305 e. The number of nitrogens with zero attached hydrogens (tertiary/aromatic N) is 2. The maximum absolute atomic E-state index is 8.50. The van der Waals surface area contributed by atoms with E-state index in [9.17, 15) is 0 Å². The number of benzene rings is 1. The lowest BCUT2D eigenvalue weighted by molar-refractivity contribution is 0.305. The topological polar surface area (TPSA) is 27.0 Å². The van der Waals surface area contributed by atoms with E-state index in [-0.39, 0.29) is 0 Å². The Hall–Kier alpha value is -1.33. The van der Waals surface area contributed by atoms with Gasteiger partial charge in [0.2, 0.25) is 0 Å². The first-order chi connectivity index (χ1) is 7.31. The van der Waals surface area contributed by atoms with Crippen LogP contribution >= 0.6 is 0 Å². The van der Waals surface area contributed by atoms with E-state index >= 15 is 0 Å². The van der Waals surface area contributed by atoms with Gasteiger partial charge in [-0.25, -0.2) is 0 Å². The molecule has 1 aliphatic rings. The predicted octanol–water partition coefficient (Wildman–Crippen LogP) is 2.17. The van der Waals surface area contributed by atoms with Crippen LogP contribution in [0.15, 0.2) is 24.3 Å². The maximum Gasteiger partial charge on any atom is 0.0635 e. The molecular weight excluding hydrogens is 184 g/mol. The van der Waals surface area contributed by atoms with Crippen molar-refractivity contribution in [3.63, 3.8) is 0 Å². The molecule has 0 saturated heterocycles. The monoisotopic (exact) mass is 200 g/mol. The van der Waals surface area contributed by atoms with Crippen LogP contribution in [0.25, 0.3) is 0 Å². The predicted molar refractivity (Wildman–Crippen MR) is 60.6 cm³/mol. The lowest BCUT2D eigenvalue weighted by Crippen LogP contribution is -2.31. The van der Waals surface area contributed by atoms with Gasteiger partial charge in [-0.1, -0.05) is 24.3 Å². The summed E-state index contributed by atoms with van der Waals surface area (Å²) in [6.45, 7) is 1.97. The van der Waals surface area contributed by atoms with Crippen LogP contribution < -0.4 is 0 Å². The number of rotatable bonds is 4. The molecule has 0 aliphatic heterocycles. The number of nitriles is 1. The molecule has 0 aromatic heterocycles. The fourth-order valence-corrected chi connectivity index (χ4v) is 2.23. The highest BCUT2D eigenvalue weighted by molar-refractivity contribution is 5.40. The van der Waals surface area contributed by atoms with Crippen LogP contribution in [0.5, 0.6) is 0 Å². The second-order valence-electron chi connectivity index (χ2n) is 4.27. The van der Waals surface area contributed by atoms with Crippen LogP contribution in [0.1, 0.15) is 23.5 Å². The van der Waals surface area contributed by atoms with Gasteiger partial charge in [-0.2, -0.15) is 5.26 Å². The average molecular weight is 200 g/mol. The van der Waals surface area contributed by atoms with Crippen LogP contribution in [0.2, 0.25) is 0 Å². The molecule has 2 nitrogen and oxygen atoms in total. The summed E-state index contributed by atoms with van der Waals surface area (Å²) in [6, 6.07) is 10.8. The summed E-state index contributed by atoms with van der Waals surface area (Å²) >= 11 is 0. The van der Waals surface area contributed by atoms with Gasteiger partial charge in [0.1, 0.15) is 0 Å². The van der Waals surface area contributed by atoms with Crippen LogP contribution in [-0.2, 0) is 6.42 Å². The summed E-state index contributed by atoms with van der Waals surface area (Å²) in [5.41, 5.74) is 3.00. The van der Waals surface area contributed by atoms with E-state index < -0.39 is 0 Å². The molecule has 1 unspecified atom stereocenters. The lowest BCUT2D eigenvalue weighted by Gasteiger charge is -2.33. The van der Waals surface area contributed by atoms with Crippen LogP contribution in [0.4, 0.5) is 0 Å². The Morgan fingerprint density at radius 2 is 2.27 bits per heavy atom. The van der Waals surface area contributed by atoms with Gasteiger partial charge in [0.15, 0.2) is 0 Å². The Balaban J connectivity index is 1.87. The fourth-order valence-electron chi connectivity index (χ4n) is 2.23. The molecule has 0 fully saturated rings. The normalized spacial score (nSPS) is 18.1. The van der Waals surface area contributed by atoms with E-state index in [2.05, 4.69) is 42.3 Å². The van der Waals surface area contributed by atoms with Gasteiger partial charge in [0, 0.05) is 25.4 Å². The molecule has 15 heavy (non-hydrogen) atoms. The highest BCUT2D eigenvalue weighted by Crippen LogP contribution is 2.34. The van der Waals surface area contributed by atoms with E-state index in [4.69, 9.17) is 5.26 Å². The Morgan fingerprint density at radius 1 is 1.47 bits per heavy atom. The smallest absolute Gasteiger partial charge is 0.0635 e. The van der Waals surface area contributed by atoms with Crippen molar-refractivity contribution in [1.29, 1.82) is 5.26 Å². The Kier molecular flexibility index (Phi) is 3.03. The summed E-state index contributed by atoms with van der Waals surface area (Å²) in [5.74, 6) is 0.685. The second kappa shape index (κ2) is 4.46. The van der Waals surface area contributed by atoms with E-state index in [0.29, 0.717) is 12.3 Å². The summed E-state index contributed by atoms with van der Waals surface area (Å²) < 4.78 is 0. The molecule has 0 N–H and O–H groups in total. The Bertz CT molecular complexity index is 378. The molecule has 2 heteroatoms. The Morgan fingerprint density at radius 3 is 3.00 bits per heavy atom. The van der Waals surface area contributed by atoms with Crippen LogP contribution in [0, 0.1) is 11.3 Å². The van der Waals surface area contributed by atoms with E-state index in [1.54, 1.807) is 0 Å². The SMILES string of the molecule is CN(CCC#N)CC1Cc2ccccc21. The number of hydrogen-bond acceptors (Lipinski definition) is 2. The van der Waals surface area contributed by atoms with Crippen molar-refractivity contribution in [2.75, 3.05) is 20.1 Å². The summed E-state index contributed by atoms with van der Waals surface area (Å²) in [5, 5.41) is 8.50. The first-order valence-electron chi connectivity index (χ1n) is 5.44. The van der Waals surface area contributed by atoms with Gasteiger partial charge in [-0.05, 0) is 24.6 Å². The Labute approximate surface area is 91.1 Å². The van der Waals surface area contributed by atoms with Crippen molar-refractivity contribution in [2.45, 2.75) is 18.8 Å². The molecular formula is C13H16N2. The summed E-state index contributed by atoms with van der Waals surface area (Å²) in [4.78, 5) is 2.25.